The smallest absolute Gasteiger partial charge is 0.266 e. The van der Waals surface area contributed by atoms with E-state index in [1.165, 1.54) is 17.3 Å². The summed E-state index contributed by atoms with van der Waals surface area (Å²) in [5.41, 5.74) is 1.14. The van der Waals surface area contributed by atoms with E-state index in [0.717, 1.165) is 19.4 Å². The maximum absolute atomic E-state index is 10.7. The van der Waals surface area contributed by atoms with Gasteiger partial charge in [-0.3, -0.25) is 13.9 Å². The molecule has 0 atom stereocenters. The van der Waals surface area contributed by atoms with Crippen molar-refractivity contribution in [1.82, 2.24) is 19.6 Å². The summed E-state index contributed by atoms with van der Waals surface area (Å²) in [6.07, 6.45) is 9.89. The van der Waals surface area contributed by atoms with E-state index >= 15 is 0 Å². The third kappa shape index (κ3) is 6.28. The normalized spacial score (nSPS) is 12.3. The molecule has 0 aliphatic heterocycles. The highest BCUT2D eigenvalue weighted by molar-refractivity contribution is 7.85. The zero-order valence-corrected chi connectivity index (χ0v) is 13.7. The molecule has 0 saturated carbocycles. The molecule has 2 aromatic heterocycles. The first kappa shape index (κ1) is 17.3. The Hall–Kier alpha value is -2.07. The molecule has 10 heteroatoms. The van der Waals surface area contributed by atoms with Gasteiger partial charge in [-0.1, -0.05) is 19.8 Å². The number of hydrogen-bond donors (Lipinski definition) is 1. The van der Waals surface area contributed by atoms with Crippen molar-refractivity contribution in [2.75, 3.05) is 5.75 Å². The van der Waals surface area contributed by atoms with Crippen LogP contribution in [0.25, 0.3) is 0 Å². The molecule has 0 aromatic carbocycles. The number of azo groups is 1. The lowest BCUT2D eigenvalue weighted by atomic mass is 10.2. The fourth-order valence-electron chi connectivity index (χ4n) is 1.90. The second kappa shape index (κ2) is 7.97. The highest BCUT2D eigenvalue weighted by Gasteiger charge is 2.06. The van der Waals surface area contributed by atoms with E-state index in [-0.39, 0.29) is 6.54 Å². The van der Waals surface area contributed by atoms with Gasteiger partial charge in [-0.25, -0.2) is 0 Å². The fraction of sp³-hybridized carbons (Fsp3) is 0.538. The summed E-state index contributed by atoms with van der Waals surface area (Å²) in [5, 5.41) is 16.3. The van der Waals surface area contributed by atoms with Crippen LogP contribution in [0, 0.1) is 0 Å². The topological polar surface area (TPSA) is 115 Å². The Kier molecular flexibility index (Phi) is 5.99. The second-order valence-electron chi connectivity index (χ2n) is 5.12. The molecule has 2 aromatic rings. The lowest BCUT2D eigenvalue weighted by molar-refractivity contribution is 0.475. The van der Waals surface area contributed by atoms with Gasteiger partial charge >= 0.3 is 0 Å². The number of rotatable bonds is 9. The Balaban J connectivity index is 1.89. The van der Waals surface area contributed by atoms with Gasteiger partial charge in [-0.05, 0) is 6.42 Å². The van der Waals surface area contributed by atoms with Crippen LogP contribution >= 0.6 is 0 Å². The minimum atomic E-state index is -4.00. The first-order chi connectivity index (χ1) is 11.0. The van der Waals surface area contributed by atoms with Crippen molar-refractivity contribution in [3.8, 4) is 0 Å². The zero-order chi connectivity index (χ0) is 16.7. The molecule has 2 heterocycles. The van der Waals surface area contributed by atoms with E-state index in [1.54, 1.807) is 12.4 Å². The van der Waals surface area contributed by atoms with Gasteiger partial charge in [0.1, 0.15) is 11.4 Å². The maximum Gasteiger partial charge on any atom is 0.266 e. The Morgan fingerprint density at radius 1 is 1.04 bits per heavy atom. The SMILES string of the molecule is CCCCCn1cc(/N=N/c2cnn(CCS(=O)(=O)O)c2)cn1. The van der Waals surface area contributed by atoms with Crippen molar-refractivity contribution in [3.63, 3.8) is 0 Å². The van der Waals surface area contributed by atoms with E-state index in [1.807, 2.05) is 10.9 Å². The molecule has 9 nitrogen and oxygen atoms in total. The Bertz CT molecular complexity index is 749. The maximum atomic E-state index is 10.7. The number of aromatic nitrogens is 4. The quantitative estimate of drug-likeness (QED) is 0.428. The molecule has 126 valence electrons. The van der Waals surface area contributed by atoms with Crippen LogP contribution < -0.4 is 0 Å². The summed E-state index contributed by atoms with van der Waals surface area (Å²) in [7, 11) is -4.00. The van der Waals surface area contributed by atoms with Gasteiger partial charge in [0.15, 0.2) is 0 Å². The molecule has 0 fully saturated rings. The number of nitrogens with zero attached hydrogens (tertiary/aromatic N) is 6. The average molecular weight is 340 g/mol. The van der Waals surface area contributed by atoms with Crippen LogP contribution in [0.1, 0.15) is 26.2 Å². The summed E-state index contributed by atoms with van der Waals surface area (Å²) in [6, 6.07) is 0. The molecular formula is C13H20N6O3S. The van der Waals surface area contributed by atoms with E-state index in [0.29, 0.717) is 11.4 Å². The Labute approximate surface area is 134 Å². The van der Waals surface area contributed by atoms with E-state index < -0.39 is 15.9 Å². The van der Waals surface area contributed by atoms with Gasteiger partial charge in [-0.15, -0.1) is 10.2 Å². The lowest BCUT2D eigenvalue weighted by Gasteiger charge is -1.98. The van der Waals surface area contributed by atoms with Gasteiger partial charge < -0.3 is 0 Å². The van der Waals surface area contributed by atoms with Gasteiger partial charge in [0.2, 0.25) is 0 Å². The van der Waals surface area contributed by atoms with Crippen LogP contribution in [0.4, 0.5) is 11.4 Å². The van der Waals surface area contributed by atoms with Crippen LogP contribution in [0.2, 0.25) is 0 Å². The molecule has 0 radical (unpaired) electrons. The van der Waals surface area contributed by atoms with Crippen LogP contribution in [0.15, 0.2) is 35.0 Å². The highest BCUT2D eigenvalue weighted by atomic mass is 32.2. The van der Waals surface area contributed by atoms with Gasteiger partial charge in [0, 0.05) is 6.54 Å². The second-order valence-corrected chi connectivity index (χ2v) is 6.69. The minimum Gasteiger partial charge on any atom is -0.285 e. The molecule has 0 aliphatic rings. The summed E-state index contributed by atoms with van der Waals surface area (Å²) in [5.74, 6) is -0.393. The number of aryl methyl sites for hydroxylation is 2. The third-order valence-electron chi connectivity index (χ3n) is 3.09. The van der Waals surface area contributed by atoms with E-state index in [9.17, 15) is 8.42 Å². The fourth-order valence-corrected chi connectivity index (χ4v) is 2.32. The molecule has 0 bridgehead atoms. The predicted octanol–water partition coefficient (Wildman–Crippen LogP) is 2.57. The molecular weight excluding hydrogens is 320 g/mol. The van der Waals surface area contributed by atoms with E-state index in [2.05, 4.69) is 27.3 Å². The molecule has 0 saturated heterocycles. The summed E-state index contributed by atoms with van der Waals surface area (Å²) >= 11 is 0. The standard InChI is InChI=1S/C13H20N6O3S/c1-2-3-4-5-18-10-12(8-14-18)16-17-13-9-15-19(11-13)6-7-23(20,21)22/h8-11H,2-7H2,1H3,(H,20,21,22)/b17-16+. The Morgan fingerprint density at radius 3 is 2.13 bits per heavy atom. The molecule has 23 heavy (non-hydrogen) atoms. The van der Waals surface area contributed by atoms with Crippen molar-refractivity contribution in [1.29, 1.82) is 0 Å². The van der Waals surface area contributed by atoms with Crippen LogP contribution in [0.3, 0.4) is 0 Å². The predicted molar refractivity (Wildman–Crippen MR) is 84.6 cm³/mol. The number of unbranched alkanes of at least 4 members (excludes halogenated alkanes) is 2. The van der Waals surface area contributed by atoms with Gasteiger partial charge in [0.05, 0.1) is 37.1 Å². The summed E-state index contributed by atoms with van der Waals surface area (Å²) < 4.78 is 33.3. The van der Waals surface area contributed by atoms with Gasteiger partial charge in [-0.2, -0.15) is 18.6 Å². The Morgan fingerprint density at radius 2 is 1.61 bits per heavy atom. The summed E-state index contributed by atoms with van der Waals surface area (Å²) in [4.78, 5) is 0. The van der Waals surface area contributed by atoms with Crippen LogP contribution in [0.5, 0.6) is 0 Å². The summed E-state index contributed by atoms with van der Waals surface area (Å²) in [6.45, 7) is 3.07. The van der Waals surface area contributed by atoms with E-state index in [4.69, 9.17) is 4.55 Å². The lowest BCUT2D eigenvalue weighted by Crippen LogP contribution is -2.11. The van der Waals surface area contributed by atoms with Crippen molar-refractivity contribution in [2.45, 2.75) is 39.3 Å². The first-order valence-electron chi connectivity index (χ1n) is 7.38. The van der Waals surface area contributed by atoms with Gasteiger partial charge in [0.25, 0.3) is 10.1 Å². The molecule has 1 N–H and O–H groups in total. The van der Waals surface area contributed by atoms with Crippen molar-refractivity contribution >= 4 is 21.5 Å². The van der Waals surface area contributed by atoms with Crippen LogP contribution in [-0.4, -0.2) is 38.3 Å². The monoisotopic (exact) mass is 340 g/mol. The highest BCUT2D eigenvalue weighted by Crippen LogP contribution is 2.17. The molecule has 0 amide bonds. The zero-order valence-electron chi connectivity index (χ0n) is 12.9. The largest absolute Gasteiger partial charge is 0.285 e. The molecule has 0 spiro atoms. The van der Waals surface area contributed by atoms with Crippen molar-refractivity contribution in [2.24, 2.45) is 10.2 Å². The van der Waals surface area contributed by atoms with Crippen molar-refractivity contribution < 1.29 is 13.0 Å². The molecule has 0 aliphatic carbocycles. The molecule has 2 rings (SSSR count). The van der Waals surface area contributed by atoms with Crippen LogP contribution in [-0.2, 0) is 23.2 Å². The molecule has 0 unspecified atom stereocenters. The van der Waals surface area contributed by atoms with Crippen molar-refractivity contribution in [3.05, 3.63) is 24.8 Å². The third-order valence-corrected chi connectivity index (χ3v) is 3.79. The average Bonchev–Trinajstić information content (AvgIpc) is 3.11. The minimum absolute atomic E-state index is 0.0592. The first-order valence-corrected chi connectivity index (χ1v) is 8.99. The number of hydrogen-bond acceptors (Lipinski definition) is 6.